The summed E-state index contributed by atoms with van der Waals surface area (Å²) in [6, 6.07) is 18.9. The van der Waals surface area contributed by atoms with Crippen LogP contribution < -0.4 is 0 Å². The van der Waals surface area contributed by atoms with Gasteiger partial charge in [0.15, 0.2) is 0 Å². The molecule has 0 bridgehead atoms. The zero-order chi connectivity index (χ0) is 23.6. The highest BCUT2D eigenvalue weighted by Gasteiger charge is 2.34. The highest BCUT2D eigenvalue weighted by atomic mass is 16.6. The van der Waals surface area contributed by atoms with Crippen molar-refractivity contribution >= 4 is 33.5 Å². The van der Waals surface area contributed by atoms with Crippen molar-refractivity contribution in [1.29, 1.82) is 0 Å². The van der Waals surface area contributed by atoms with Crippen LogP contribution in [0.2, 0.25) is 0 Å². The Morgan fingerprint density at radius 2 is 1.61 bits per heavy atom. The summed E-state index contributed by atoms with van der Waals surface area (Å²) in [6.45, 7) is 7.78. The Balaban J connectivity index is 1.41. The predicted octanol–water partition coefficient (Wildman–Crippen LogP) is 6.92. The van der Waals surface area contributed by atoms with Crippen molar-refractivity contribution in [2.24, 2.45) is 11.8 Å². The number of hydrogen-bond acceptors (Lipinski definition) is 4. The van der Waals surface area contributed by atoms with E-state index in [1.807, 2.05) is 33.8 Å². The van der Waals surface area contributed by atoms with Crippen LogP contribution in [0.1, 0.15) is 65.4 Å². The monoisotopic (exact) mass is 446 g/mol. The average Bonchev–Trinajstić information content (AvgIpc) is 2.83. The van der Waals surface area contributed by atoms with Crippen LogP contribution in [-0.4, -0.2) is 18.0 Å². The van der Waals surface area contributed by atoms with Gasteiger partial charge in [-0.1, -0.05) is 62.4 Å². The van der Waals surface area contributed by atoms with Crippen LogP contribution in [0.15, 0.2) is 54.6 Å². The zero-order valence-corrected chi connectivity index (χ0v) is 20.1. The van der Waals surface area contributed by atoms with Crippen molar-refractivity contribution in [1.82, 2.24) is 0 Å². The first-order valence-electron chi connectivity index (χ1n) is 12.1. The van der Waals surface area contributed by atoms with Crippen LogP contribution in [-0.2, 0) is 24.7 Å². The number of rotatable bonds is 6. The van der Waals surface area contributed by atoms with Crippen molar-refractivity contribution in [3.05, 3.63) is 60.2 Å². The topological polar surface area (TPSA) is 52.6 Å². The summed E-state index contributed by atoms with van der Waals surface area (Å²) >= 11 is 0. The zero-order valence-electron chi connectivity index (χ0n) is 20.1. The molecule has 0 N–H and O–H groups in total. The lowest BCUT2D eigenvalue weighted by atomic mass is 9.87. The van der Waals surface area contributed by atoms with Crippen LogP contribution in [0.5, 0.6) is 0 Å². The summed E-state index contributed by atoms with van der Waals surface area (Å²) in [5, 5.41) is 4.78. The standard InChI is InChI=1S/C29H34O4/c1-5-19(2)27(30)32-24-15-12-21(13-16-24)28(31)33-29(3,4)23-14-17-26-22(18-23)11-10-20-8-6-7-9-25(20)26/h6-11,14,17-19,21,24H,5,12-13,15-16H2,1-4H3. The molecule has 174 valence electrons. The lowest BCUT2D eigenvalue weighted by molar-refractivity contribution is -0.166. The largest absolute Gasteiger partial charge is 0.462 e. The molecule has 33 heavy (non-hydrogen) atoms. The molecule has 0 aliphatic heterocycles. The Hall–Kier alpha value is -2.88. The second kappa shape index (κ2) is 9.54. The fourth-order valence-electron chi connectivity index (χ4n) is 4.64. The molecule has 1 aliphatic carbocycles. The van der Waals surface area contributed by atoms with E-state index in [2.05, 4.69) is 48.5 Å². The average molecular weight is 447 g/mol. The molecule has 0 amide bonds. The smallest absolute Gasteiger partial charge is 0.309 e. The van der Waals surface area contributed by atoms with E-state index >= 15 is 0 Å². The molecular formula is C29H34O4. The van der Waals surface area contributed by atoms with Gasteiger partial charge in [-0.3, -0.25) is 9.59 Å². The molecule has 1 saturated carbocycles. The lowest BCUT2D eigenvalue weighted by Gasteiger charge is -2.32. The molecule has 1 fully saturated rings. The molecule has 1 unspecified atom stereocenters. The maximum absolute atomic E-state index is 13.0. The third-order valence-corrected chi connectivity index (χ3v) is 7.10. The SMILES string of the molecule is CCC(C)C(=O)OC1CCC(C(=O)OC(C)(C)c2ccc3c(ccc4ccccc43)c2)CC1. The fraction of sp³-hybridized carbons (Fsp3) is 0.448. The third-order valence-electron chi connectivity index (χ3n) is 7.10. The molecule has 1 atom stereocenters. The molecule has 0 heterocycles. The molecule has 0 saturated heterocycles. The Morgan fingerprint density at radius 3 is 2.33 bits per heavy atom. The molecule has 4 rings (SSSR count). The number of ether oxygens (including phenoxy) is 2. The number of carbonyl (C=O) groups excluding carboxylic acids is 2. The molecule has 0 aromatic heterocycles. The normalized spacial score (nSPS) is 19.9. The number of carbonyl (C=O) groups is 2. The summed E-state index contributed by atoms with van der Waals surface area (Å²) in [4.78, 5) is 25.0. The molecule has 1 aliphatic rings. The maximum Gasteiger partial charge on any atom is 0.309 e. The van der Waals surface area contributed by atoms with Crippen LogP contribution in [0.4, 0.5) is 0 Å². The van der Waals surface area contributed by atoms with Crippen LogP contribution in [0.25, 0.3) is 21.5 Å². The first-order chi connectivity index (χ1) is 15.8. The van der Waals surface area contributed by atoms with Gasteiger partial charge in [0, 0.05) is 0 Å². The van der Waals surface area contributed by atoms with E-state index in [-0.39, 0.29) is 29.9 Å². The van der Waals surface area contributed by atoms with Gasteiger partial charge in [-0.2, -0.15) is 0 Å². The molecule has 0 spiro atoms. The van der Waals surface area contributed by atoms with Crippen molar-refractivity contribution in [3.8, 4) is 0 Å². The minimum absolute atomic E-state index is 0.0755. The Labute approximate surface area is 196 Å². The van der Waals surface area contributed by atoms with Gasteiger partial charge in [0.25, 0.3) is 0 Å². The summed E-state index contributed by atoms with van der Waals surface area (Å²) in [5.41, 5.74) is 0.256. The first kappa shape index (κ1) is 23.3. The minimum atomic E-state index is -0.725. The van der Waals surface area contributed by atoms with Crippen molar-refractivity contribution in [3.63, 3.8) is 0 Å². The number of hydrogen-bond donors (Lipinski definition) is 0. The number of fused-ring (bicyclic) bond motifs is 3. The van der Waals surface area contributed by atoms with Crippen LogP contribution in [0, 0.1) is 11.8 Å². The summed E-state index contributed by atoms with van der Waals surface area (Å²) < 4.78 is 11.6. The van der Waals surface area contributed by atoms with Gasteiger partial charge < -0.3 is 9.47 Å². The van der Waals surface area contributed by atoms with Crippen LogP contribution in [0.3, 0.4) is 0 Å². The first-order valence-corrected chi connectivity index (χ1v) is 12.1. The number of benzene rings is 3. The second-order valence-corrected chi connectivity index (χ2v) is 9.87. The van der Waals surface area contributed by atoms with Crippen LogP contribution >= 0.6 is 0 Å². The van der Waals surface area contributed by atoms with E-state index < -0.39 is 5.60 Å². The van der Waals surface area contributed by atoms with Crippen molar-refractivity contribution in [2.45, 2.75) is 71.5 Å². The Bertz CT molecular complexity index is 1150. The van der Waals surface area contributed by atoms with Gasteiger partial charge in [-0.15, -0.1) is 0 Å². The van der Waals surface area contributed by atoms with Gasteiger partial charge in [0.2, 0.25) is 0 Å². The Morgan fingerprint density at radius 1 is 0.939 bits per heavy atom. The maximum atomic E-state index is 13.0. The van der Waals surface area contributed by atoms with Gasteiger partial charge >= 0.3 is 11.9 Å². The highest BCUT2D eigenvalue weighted by molar-refractivity contribution is 6.07. The molecule has 3 aromatic rings. The van der Waals surface area contributed by atoms with Gasteiger partial charge in [-0.05, 0) is 79.1 Å². The lowest BCUT2D eigenvalue weighted by Crippen LogP contribution is -2.34. The van der Waals surface area contributed by atoms with E-state index in [0.717, 1.165) is 17.4 Å². The van der Waals surface area contributed by atoms with Gasteiger partial charge in [0.05, 0.1) is 11.8 Å². The molecule has 4 nitrogen and oxygen atoms in total. The number of esters is 2. The second-order valence-electron chi connectivity index (χ2n) is 9.87. The van der Waals surface area contributed by atoms with E-state index in [1.165, 1.54) is 16.2 Å². The quantitative estimate of drug-likeness (QED) is 0.305. The van der Waals surface area contributed by atoms with E-state index in [0.29, 0.717) is 25.7 Å². The summed E-state index contributed by atoms with van der Waals surface area (Å²) in [7, 11) is 0. The highest BCUT2D eigenvalue weighted by Crippen LogP contribution is 2.34. The molecular weight excluding hydrogens is 412 g/mol. The van der Waals surface area contributed by atoms with Crippen molar-refractivity contribution < 1.29 is 19.1 Å². The van der Waals surface area contributed by atoms with E-state index in [1.54, 1.807) is 0 Å². The van der Waals surface area contributed by atoms with Gasteiger partial charge in [0.1, 0.15) is 11.7 Å². The Kier molecular flexibility index (Phi) is 6.73. The third kappa shape index (κ3) is 5.05. The fourth-order valence-corrected chi connectivity index (χ4v) is 4.64. The molecule has 0 radical (unpaired) electrons. The summed E-state index contributed by atoms with van der Waals surface area (Å²) in [5.74, 6) is -0.514. The van der Waals surface area contributed by atoms with E-state index in [9.17, 15) is 9.59 Å². The predicted molar refractivity (Wildman–Crippen MR) is 132 cm³/mol. The van der Waals surface area contributed by atoms with E-state index in [4.69, 9.17) is 9.47 Å². The van der Waals surface area contributed by atoms with Crippen molar-refractivity contribution in [2.75, 3.05) is 0 Å². The molecule has 3 aromatic carbocycles. The molecule has 4 heteroatoms. The summed E-state index contributed by atoms with van der Waals surface area (Å²) in [6.07, 6.45) is 3.50. The minimum Gasteiger partial charge on any atom is -0.462 e. The van der Waals surface area contributed by atoms with Gasteiger partial charge in [-0.25, -0.2) is 0 Å².